The van der Waals surface area contributed by atoms with Crippen LogP contribution in [0, 0.1) is 6.92 Å². The molecule has 3 heterocycles. The number of nitrogens with zero attached hydrogens (tertiary/aromatic N) is 5. The van der Waals surface area contributed by atoms with Crippen LogP contribution in [0.15, 0.2) is 30.5 Å². The summed E-state index contributed by atoms with van der Waals surface area (Å²) in [4.78, 5) is 1.72. The van der Waals surface area contributed by atoms with Gasteiger partial charge in [-0.05, 0) is 32.2 Å². The second kappa shape index (κ2) is 6.98. The van der Waals surface area contributed by atoms with Crippen molar-refractivity contribution in [3.05, 3.63) is 36.2 Å². The van der Waals surface area contributed by atoms with Gasteiger partial charge in [0.1, 0.15) is 11.9 Å². The molecule has 0 spiro atoms. The molecular formula is C20H21F2N5O2S. The summed E-state index contributed by atoms with van der Waals surface area (Å²) in [6.45, 7) is 1.97. The third-order valence-electron chi connectivity index (χ3n) is 5.85. The van der Waals surface area contributed by atoms with Gasteiger partial charge in [-0.25, -0.2) is 13.5 Å². The number of rotatable bonds is 4. The number of hydrogen-bond donors (Lipinski definition) is 1. The highest BCUT2D eigenvalue weighted by Crippen LogP contribution is 2.44. The van der Waals surface area contributed by atoms with Crippen molar-refractivity contribution in [1.82, 2.24) is 24.9 Å². The fourth-order valence-electron chi connectivity index (χ4n) is 4.40. The van der Waals surface area contributed by atoms with Gasteiger partial charge >= 0.3 is 0 Å². The fraction of sp³-hybridized carbons (Fsp3) is 0.450. The molecule has 2 fully saturated rings. The highest BCUT2D eigenvalue weighted by Gasteiger charge is 2.58. The van der Waals surface area contributed by atoms with E-state index in [0.717, 1.165) is 11.4 Å². The Morgan fingerprint density at radius 2 is 2.13 bits per heavy atom. The second-order valence-electron chi connectivity index (χ2n) is 8.07. The minimum Gasteiger partial charge on any atom is -0.507 e. The number of likely N-dealkylation sites (tertiary alicyclic amines) is 1. The van der Waals surface area contributed by atoms with Crippen molar-refractivity contribution in [1.29, 1.82) is 0 Å². The van der Waals surface area contributed by atoms with E-state index in [2.05, 4.69) is 15.3 Å². The number of hydrogen-bond acceptors (Lipinski definition) is 7. The second-order valence-corrected chi connectivity index (χ2v) is 9.01. The summed E-state index contributed by atoms with van der Waals surface area (Å²) < 4.78 is 36.7. The van der Waals surface area contributed by atoms with Crippen LogP contribution in [-0.2, 0) is 0 Å². The Morgan fingerprint density at radius 3 is 2.83 bits per heavy atom. The zero-order chi connectivity index (χ0) is 21.0. The standard InChI is InChI=1S/C20H21F2N5O2S/c1-11-5-6-27(25-11)12-3-4-14(16(28)7-12)18-23-24-19(30-18)29-13-8-15-17(21)20(22,9-13)10-26(15)2/h3-7,13,15,17,28H,8-10H2,1-2H3. The first-order valence-electron chi connectivity index (χ1n) is 9.72. The van der Waals surface area contributed by atoms with Crippen molar-refractivity contribution in [2.24, 2.45) is 0 Å². The molecule has 1 N–H and O–H groups in total. The van der Waals surface area contributed by atoms with E-state index in [1.54, 1.807) is 28.8 Å². The van der Waals surface area contributed by atoms with E-state index in [1.807, 2.05) is 25.3 Å². The summed E-state index contributed by atoms with van der Waals surface area (Å²) in [5.41, 5.74) is 0.237. The first-order valence-corrected chi connectivity index (χ1v) is 10.5. The molecule has 0 radical (unpaired) electrons. The molecule has 2 aromatic heterocycles. The Morgan fingerprint density at radius 1 is 1.30 bits per heavy atom. The minimum atomic E-state index is -1.88. The summed E-state index contributed by atoms with van der Waals surface area (Å²) in [5.74, 6) is 0.0451. The predicted octanol–water partition coefficient (Wildman–Crippen LogP) is 3.31. The third kappa shape index (κ3) is 3.24. The van der Waals surface area contributed by atoms with Crippen LogP contribution in [0.4, 0.5) is 8.78 Å². The molecule has 2 bridgehead atoms. The zero-order valence-electron chi connectivity index (χ0n) is 16.5. The third-order valence-corrected chi connectivity index (χ3v) is 6.70. The number of fused-ring (bicyclic) bond motifs is 2. The van der Waals surface area contributed by atoms with Crippen LogP contribution in [0.1, 0.15) is 18.5 Å². The lowest BCUT2D eigenvalue weighted by Gasteiger charge is -2.33. The number of aryl methyl sites for hydroxylation is 1. The quantitative estimate of drug-likeness (QED) is 0.680. The van der Waals surface area contributed by atoms with E-state index in [1.165, 1.54) is 11.3 Å². The molecule has 30 heavy (non-hydrogen) atoms. The van der Waals surface area contributed by atoms with Crippen molar-refractivity contribution in [3.63, 3.8) is 0 Å². The maximum absolute atomic E-state index is 14.9. The maximum Gasteiger partial charge on any atom is 0.294 e. The zero-order valence-corrected chi connectivity index (χ0v) is 17.3. The van der Waals surface area contributed by atoms with Crippen LogP contribution in [0.2, 0.25) is 0 Å². The van der Waals surface area contributed by atoms with Gasteiger partial charge < -0.3 is 9.84 Å². The average molecular weight is 433 g/mol. The lowest BCUT2D eigenvalue weighted by atomic mass is 9.84. The Balaban J connectivity index is 1.33. The lowest BCUT2D eigenvalue weighted by Crippen LogP contribution is -2.47. The van der Waals surface area contributed by atoms with Gasteiger partial charge in [-0.3, -0.25) is 4.90 Å². The van der Waals surface area contributed by atoms with E-state index >= 15 is 0 Å². The van der Waals surface area contributed by atoms with Gasteiger partial charge in [0, 0.05) is 37.7 Å². The SMILES string of the molecule is Cc1ccn(-c2ccc(-c3nnc(OC4CC5C(F)C(F)(C4)CN5C)s3)c(O)c2)n1. The molecule has 2 aliphatic rings. The molecule has 0 amide bonds. The summed E-state index contributed by atoms with van der Waals surface area (Å²) in [7, 11) is 1.74. The Bertz CT molecular complexity index is 1090. The largest absolute Gasteiger partial charge is 0.507 e. The number of phenols is 1. The molecule has 3 aromatic rings. The molecule has 1 saturated carbocycles. The van der Waals surface area contributed by atoms with Crippen molar-refractivity contribution >= 4 is 11.3 Å². The van der Waals surface area contributed by atoms with Gasteiger partial charge in [0.2, 0.25) is 0 Å². The topological polar surface area (TPSA) is 76.3 Å². The summed E-state index contributed by atoms with van der Waals surface area (Å²) in [6, 6.07) is 6.57. The van der Waals surface area contributed by atoms with E-state index in [-0.39, 0.29) is 23.9 Å². The van der Waals surface area contributed by atoms with Gasteiger partial charge in [-0.2, -0.15) is 5.10 Å². The molecule has 1 aromatic carbocycles. The molecule has 1 aliphatic carbocycles. The molecule has 4 atom stereocenters. The van der Waals surface area contributed by atoms with Crippen molar-refractivity contribution < 1.29 is 18.6 Å². The Labute approximate surface area is 175 Å². The Kier molecular flexibility index (Phi) is 4.51. The minimum absolute atomic E-state index is 0.00679. The molecule has 1 saturated heterocycles. The number of phenolic OH excluding ortho intramolecular Hbond substituents is 1. The maximum atomic E-state index is 14.9. The number of halogens is 2. The Hall–Kier alpha value is -2.59. The van der Waals surface area contributed by atoms with Crippen molar-refractivity contribution in [3.8, 4) is 27.2 Å². The monoisotopic (exact) mass is 433 g/mol. The van der Waals surface area contributed by atoms with E-state index in [9.17, 15) is 13.9 Å². The van der Waals surface area contributed by atoms with E-state index in [0.29, 0.717) is 17.0 Å². The molecule has 158 valence electrons. The molecule has 1 aliphatic heterocycles. The number of alkyl halides is 2. The first kappa shape index (κ1) is 19.4. The van der Waals surface area contributed by atoms with Gasteiger partial charge in [0.25, 0.3) is 5.19 Å². The van der Waals surface area contributed by atoms with Gasteiger partial charge in [-0.15, -0.1) is 5.10 Å². The number of aromatic nitrogens is 4. The predicted molar refractivity (Wildman–Crippen MR) is 108 cm³/mol. The molecule has 7 nitrogen and oxygen atoms in total. The fourth-order valence-corrected chi connectivity index (χ4v) is 5.19. The van der Waals surface area contributed by atoms with Crippen LogP contribution in [-0.4, -0.2) is 67.6 Å². The van der Waals surface area contributed by atoms with Crippen LogP contribution < -0.4 is 4.74 Å². The summed E-state index contributed by atoms with van der Waals surface area (Å²) >= 11 is 1.17. The van der Waals surface area contributed by atoms with Crippen molar-refractivity contribution in [2.75, 3.05) is 13.6 Å². The summed E-state index contributed by atoms with van der Waals surface area (Å²) in [5, 5.41) is 23.7. The van der Waals surface area contributed by atoms with E-state index in [4.69, 9.17) is 4.74 Å². The first-order chi connectivity index (χ1) is 14.3. The van der Waals surface area contributed by atoms with Crippen LogP contribution in [0.3, 0.4) is 0 Å². The molecule has 5 rings (SSSR count). The van der Waals surface area contributed by atoms with Crippen molar-refractivity contribution in [2.45, 2.75) is 43.8 Å². The van der Waals surface area contributed by atoms with Gasteiger partial charge in [0.05, 0.1) is 16.9 Å². The number of benzene rings is 1. The number of aromatic hydroxyl groups is 1. The average Bonchev–Trinajstić information content (AvgIpc) is 3.35. The highest BCUT2D eigenvalue weighted by molar-refractivity contribution is 7.16. The normalized spacial score (nSPS) is 28.7. The molecular weight excluding hydrogens is 412 g/mol. The highest BCUT2D eigenvalue weighted by atomic mass is 32.1. The molecule has 10 heteroatoms. The lowest BCUT2D eigenvalue weighted by molar-refractivity contribution is -0.00764. The van der Waals surface area contributed by atoms with E-state index < -0.39 is 24.0 Å². The van der Waals surface area contributed by atoms with Crippen LogP contribution >= 0.6 is 11.3 Å². The van der Waals surface area contributed by atoms with Gasteiger partial charge in [0.15, 0.2) is 16.8 Å². The van der Waals surface area contributed by atoms with Crippen LogP contribution in [0.5, 0.6) is 10.9 Å². The van der Waals surface area contributed by atoms with Crippen LogP contribution in [0.25, 0.3) is 16.3 Å². The van der Waals surface area contributed by atoms with Gasteiger partial charge in [-0.1, -0.05) is 16.4 Å². The number of ether oxygens (including phenoxy) is 1. The summed E-state index contributed by atoms with van der Waals surface area (Å²) in [6.07, 6.45) is 0.266. The molecule has 4 unspecified atom stereocenters. The smallest absolute Gasteiger partial charge is 0.294 e.